The highest BCUT2D eigenvalue weighted by Gasteiger charge is 2.20. The molecule has 0 fully saturated rings. The zero-order chi connectivity index (χ0) is 23.9. The molecule has 0 amide bonds. The number of hydrogen-bond acceptors (Lipinski definition) is 4. The lowest BCUT2D eigenvalue weighted by Crippen LogP contribution is -2.16. The van der Waals surface area contributed by atoms with Gasteiger partial charge in [0.05, 0.1) is 10.6 Å². The second-order valence-corrected chi connectivity index (χ2v) is 10.1. The summed E-state index contributed by atoms with van der Waals surface area (Å²) >= 11 is 0. The number of rotatable bonds is 5. The lowest BCUT2D eigenvalue weighted by molar-refractivity contribution is 0.602. The molecule has 4 aromatic carbocycles. The maximum atomic E-state index is 13.8. The molecule has 4 aromatic rings. The fourth-order valence-electron chi connectivity index (χ4n) is 4.40. The summed E-state index contributed by atoms with van der Waals surface area (Å²) in [5.74, 6) is -0.301. The minimum atomic E-state index is -3.82. The predicted molar refractivity (Wildman–Crippen MR) is 136 cm³/mol. The van der Waals surface area contributed by atoms with E-state index < -0.39 is 10.0 Å². The number of hydrogen-bond donors (Lipinski definition) is 1. The number of sulfonamides is 1. The Bertz CT molecular complexity index is 1530. The fraction of sp³-hybridized carbons (Fsp3) is 0.148. The van der Waals surface area contributed by atoms with Crippen molar-refractivity contribution in [2.45, 2.75) is 11.3 Å². The molecule has 1 heterocycles. The number of aliphatic imine (C=N–C) groups is 1. The van der Waals surface area contributed by atoms with Crippen molar-refractivity contribution >= 4 is 37.9 Å². The minimum Gasteiger partial charge on any atom is -0.377 e. The molecule has 0 aromatic heterocycles. The zero-order valence-corrected chi connectivity index (χ0v) is 19.7. The molecular weight excluding hydrogens is 449 g/mol. The molecule has 5 rings (SSSR count). The van der Waals surface area contributed by atoms with Crippen molar-refractivity contribution in [1.29, 1.82) is 0 Å². The SMILES string of the molecule is CN(C)c1cccc2c(S(=O)(=O)Nc3ccc(C4=NCCc5ccc(F)cc54)cc3)cccc12. The minimum absolute atomic E-state index is 0.221. The molecule has 1 aliphatic rings. The molecule has 7 heteroatoms. The van der Waals surface area contributed by atoms with Gasteiger partial charge in [-0.3, -0.25) is 9.71 Å². The molecule has 1 N–H and O–H groups in total. The van der Waals surface area contributed by atoms with Crippen LogP contribution in [0.2, 0.25) is 0 Å². The summed E-state index contributed by atoms with van der Waals surface area (Å²) in [5.41, 5.74) is 4.77. The van der Waals surface area contributed by atoms with Gasteiger partial charge in [-0.1, -0.05) is 42.5 Å². The fourth-order valence-corrected chi connectivity index (χ4v) is 5.68. The maximum Gasteiger partial charge on any atom is 0.262 e. The Kier molecular flexibility index (Phi) is 5.57. The summed E-state index contributed by atoms with van der Waals surface area (Å²) in [5, 5.41) is 1.53. The van der Waals surface area contributed by atoms with Gasteiger partial charge in [-0.05, 0) is 48.4 Å². The second kappa shape index (κ2) is 8.57. The van der Waals surface area contributed by atoms with Crippen LogP contribution >= 0.6 is 0 Å². The van der Waals surface area contributed by atoms with Gasteiger partial charge < -0.3 is 4.90 Å². The van der Waals surface area contributed by atoms with Gasteiger partial charge in [0, 0.05) is 53.9 Å². The van der Waals surface area contributed by atoms with Crippen molar-refractivity contribution in [2.75, 3.05) is 30.3 Å². The predicted octanol–water partition coefficient (Wildman–Crippen LogP) is 5.24. The van der Waals surface area contributed by atoms with Crippen LogP contribution in [-0.2, 0) is 16.4 Å². The first kappa shape index (κ1) is 22.1. The molecule has 0 spiro atoms. The van der Waals surface area contributed by atoms with Crippen molar-refractivity contribution in [2.24, 2.45) is 4.99 Å². The molecule has 0 aliphatic carbocycles. The van der Waals surface area contributed by atoms with Crippen LogP contribution in [0.3, 0.4) is 0 Å². The number of nitrogens with one attached hydrogen (secondary N) is 1. The Morgan fingerprint density at radius 1 is 0.912 bits per heavy atom. The molecule has 0 radical (unpaired) electrons. The third kappa shape index (κ3) is 4.03. The first-order chi connectivity index (χ1) is 16.3. The monoisotopic (exact) mass is 473 g/mol. The van der Waals surface area contributed by atoms with Gasteiger partial charge in [0.1, 0.15) is 5.82 Å². The van der Waals surface area contributed by atoms with E-state index in [0.717, 1.165) is 39.9 Å². The number of anilines is 2. The summed E-state index contributed by atoms with van der Waals surface area (Å²) < 4.78 is 43.1. The highest BCUT2D eigenvalue weighted by molar-refractivity contribution is 7.93. The first-order valence-electron chi connectivity index (χ1n) is 11.0. The van der Waals surface area contributed by atoms with Crippen LogP contribution in [0, 0.1) is 5.82 Å². The lowest BCUT2D eigenvalue weighted by Gasteiger charge is -2.18. The molecule has 0 bridgehead atoms. The van der Waals surface area contributed by atoms with Crippen molar-refractivity contribution in [3.05, 3.63) is 101 Å². The van der Waals surface area contributed by atoms with E-state index in [-0.39, 0.29) is 10.7 Å². The smallest absolute Gasteiger partial charge is 0.262 e. The maximum absolute atomic E-state index is 13.8. The van der Waals surface area contributed by atoms with E-state index in [0.29, 0.717) is 17.6 Å². The molecule has 0 saturated heterocycles. The van der Waals surface area contributed by atoms with Gasteiger partial charge in [0.15, 0.2) is 0 Å². The third-order valence-corrected chi connectivity index (χ3v) is 7.46. The highest BCUT2D eigenvalue weighted by Crippen LogP contribution is 2.31. The quantitative estimate of drug-likeness (QED) is 0.431. The Labute approximate surface area is 198 Å². The molecule has 0 atom stereocenters. The summed E-state index contributed by atoms with van der Waals surface area (Å²) in [6.07, 6.45) is 0.775. The van der Waals surface area contributed by atoms with Crippen LogP contribution in [0.15, 0.2) is 88.8 Å². The number of fused-ring (bicyclic) bond motifs is 2. The van der Waals surface area contributed by atoms with Crippen molar-refractivity contribution in [1.82, 2.24) is 0 Å². The Morgan fingerprint density at radius 3 is 2.41 bits per heavy atom. The Morgan fingerprint density at radius 2 is 1.65 bits per heavy atom. The van der Waals surface area contributed by atoms with Crippen LogP contribution in [0.25, 0.3) is 10.8 Å². The van der Waals surface area contributed by atoms with Gasteiger partial charge in [-0.25, -0.2) is 12.8 Å². The summed E-state index contributed by atoms with van der Waals surface area (Å²) in [6.45, 7) is 0.637. The van der Waals surface area contributed by atoms with Gasteiger partial charge in [0.25, 0.3) is 10.0 Å². The summed E-state index contributed by atoms with van der Waals surface area (Å²) in [6, 6.07) is 22.7. The zero-order valence-electron chi connectivity index (χ0n) is 18.9. The van der Waals surface area contributed by atoms with Crippen molar-refractivity contribution in [3.63, 3.8) is 0 Å². The topological polar surface area (TPSA) is 61.8 Å². The van der Waals surface area contributed by atoms with Gasteiger partial charge in [-0.2, -0.15) is 0 Å². The van der Waals surface area contributed by atoms with Gasteiger partial charge >= 0.3 is 0 Å². The summed E-state index contributed by atoms with van der Waals surface area (Å²) in [7, 11) is 0.0367. The standard InChI is InChI=1S/C27H24FN3O2S/c1-31(2)25-7-3-6-23-22(25)5-4-8-26(23)34(32,33)30-21-13-10-19(11-14-21)27-24-17-20(28)12-9-18(24)15-16-29-27/h3-14,17,30H,15-16H2,1-2H3. The van der Waals surface area contributed by atoms with E-state index in [1.54, 1.807) is 30.3 Å². The van der Waals surface area contributed by atoms with E-state index in [1.807, 2.05) is 55.4 Å². The largest absolute Gasteiger partial charge is 0.377 e. The lowest BCUT2D eigenvalue weighted by atomic mass is 9.93. The third-order valence-electron chi connectivity index (χ3n) is 6.02. The molecule has 0 saturated carbocycles. The molecule has 5 nitrogen and oxygen atoms in total. The average molecular weight is 474 g/mol. The van der Waals surface area contributed by atoms with Crippen LogP contribution < -0.4 is 9.62 Å². The average Bonchev–Trinajstić information content (AvgIpc) is 2.83. The van der Waals surface area contributed by atoms with E-state index >= 15 is 0 Å². The van der Waals surface area contributed by atoms with Crippen LogP contribution in [0.4, 0.5) is 15.8 Å². The van der Waals surface area contributed by atoms with E-state index in [9.17, 15) is 12.8 Å². The van der Waals surface area contributed by atoms with Crippen molar-refractivity contribution < 1.29 is 12.8 Å². The second-order valence-electron chi connectivity index (χ2n) is 8.49. The molecule has 172 valence electrons. The molecule has 1 aliphatic heterocycles. The van der Waals surface area contributed by atoms with Crippen LogP contribution in [0.1, 0.15) is 16.7 Å². The molecule has 0 unspecified atom stereocenters. The molecular formula is C27H24FN3O2S. The van der Waals surface area contributed by atoms with E-state index in [4.69, 9.17) is 0 Å². The number of halogens is 1. The normalized spacial score (nSPS) is 13.3. The van der Waals surface area contributed by atoms with Crippen LogP contribution in [-0.4, -0.2) is 34.8 Å². The first-order valence-corrected chi connectivity index (χ1v) is 12.5. The van der Waals surface area contributed by atoms with E-state index in [1.165, 1.54) is 12.1 Å². The van der Waals surface area contributed by atoms with Gasteiger partial charge in [-0.15, -0.1) is 0 Å². The molecule has 34 heavy (non-hydrogen) atoms. The highest BCUT2D eigenvalue weighted by atomic mass is 32.2. The number of nitrogens with zero attached hydrogens (tertiary/aromatic N) is 2. The van der Waals surface area contributed by atoms with Crippen molar-refractivity contribution in [3.8, 4) is 0 Å². The van der Waals surface area contributed by atoms with E-state index in [2.05, 4.69) is 9.71 Å². The van der Waals surface area contributed by atoms with Gasteiger partial charge in [0.2, 0.25) is 0 Å². The number of benzene rings is 4. The van der Waals surface area contributed by atoms with Crippen LogP contribution in [0.5, 0.6) is 0 Å². The Balaban J connectivity index is 1.46. The Hall–Kier alpha value is -3.71. The summed E-state index contributed by atoms with van der Waals surface area (Å²) in [4.78, 5) is 6.78.